The van der Waals surface area contributed by atoms with Gasteiger partial charge < -0.3 is 4.74 Å². The van der Waals surface area contributed by atoms with Crippen molar-refractivity contribution in [1.29, 1.82) is 0 Å². The Balaban J connectivity index is 1.47. The van der Waals surface area contributed by atoms with Crippen molar-refractivity contribution < 1.29 is 17.9 Å². The summed E-state index contributed by atoms with van der Waals surface area (Å²) in [7, 11) is -3.90. The van der Waals surface area contributed by atoms with Crippen molar-refractivity contribution in [3.05, 3.63) is 84.4 Å². The van der Waals surface area contributed by atoms with E-state index in [2.05, 4.69) is 20.2 Å². The van der Waals surface area contributed by atoms with Crippen LogP contribution in [0.1, 0.15) is 17.3 Å². The van der Waals surface area contributed by atoms with Gasteiger partial charge in [-0.3, -0.25) is 14.8 Å². The van der Waals surface area contributed by atoms with Gasteiger partial charge in [0.1, 0.15) is 10.8 Å². The van der Waals surface area contributed by atoms with Crippen LogP contribution in [0.5, 0.6) is 5.75 Å². The van der Waals surface area contributed by atoms with Gasteiger partial charge in [-0.05, 0) is 49.4 Å². The second kappa shape index (κ2) is 9.80. The molecule has 4 aromatic rings. The van der Waals surface area contributed by atoms with E-state index in [1.54, 1.807) is 24.3 Å². The number of rotatable bonds is 8. The number of nitrogens with one attached hydrogen (secondary N) is 2. The maximum Gasteiger partial charge on any atom is 0.261 e. The lowest BCUT2D eigenvalue weighted by Crippen LogP contribution is -2.16. The summed E-state index contributed by atoms with van der Waals surface area (Å²) in [6, 6.07) is 21.8. The molecule has 0 aliphatic heterocycles. The first-order valence-corrected chi connectivity index (χ1v) is 12.3. The van der Waals surface area contributed by atoms with Crippen molar-refractivity contribution in [2.24, 2.45) is 0 Å². The topological polar surface area (TPSA) is 110 Å². The third kappa shape index (κ3) is 5.54. The average Bonchev–Trinajstić information content (AvgIpc) is 3.29. The van der Waals surface area contributed by atoms with Gasteiger partial charge in [-0.15, -0.1) is 10.2 Å². The summed E-state index contributed by atoms with van der Waals surface area (Å²) in [6.07, 6.45) is 0. The Morgan fingerprint density at radius 3 is 2.45 bits per heavy atom. The third-order valence-electron chi connectivity index (χ3n) is 4.49. The molecule has 168 valence electrons. The summed E-state index contributed by atoms with van der Waals surface area (Å²) in [5.41, 5.74) is 1.46. The van der Waals surface area contributed by atoms with Crippen molar-refractivity contribution in [2.75, 3.05) is 16.6 Å². The molecule has 0 fully saturated rings. The highest BCUT2D eigenvalue weighted by Gasteiger charge is 2.18. The Morgan fingerprint density at radius 1 is 0.970 bits per heavy atom. The fourth-order valence-corrected chi connectivity index (χ4v) is 4.79. The van der Waals surface area contributed by atoms with Crippen LogP contribution in [0.2, 0.25) is 0 Å². The van der Waals surface area contributed by atoms with E-state index in [0.717, 1.165) is 5.56 Å². The van der Waals surface area contributed by atoms with Gasteiger partial charge in [0.2, 0.25) is 5.13 Å². The van der Waals surface area contributed by atoms with Crippen molar-refractivity contribution in [3.8, 4) is 16.3 Å². The Labute approximate surface area is 195 Å². The van der Waals surface area contributed by atoms with Gasteiger partial charge in [0.15, 0.2) is 0 Å². The van der Waals surface area contributed by atoms with Crippen LogP contribution >= 0.6 is 11.3 Å². The van der Waals surface area contributed by atoms with Gasteiger partial charge in [-0.1, -0.05) is 47.7 Å². The fourth-order valence-electron chi connectivity index (χ4n) is 2.94. The van der Waals surface area contributed by atoms with Crippen LogP contribution in [-0.2, 0) is 10.0 Å². The molecule has 0 saturated carbocycles. The van der Waals surface area contributed by atoms with Crippen molar-refractivity contribution in [2.45, 2.75) is 11.8 Å². The van der Waals surface area contributed by atoms with E-state index in [4.69, 9.17) is 4.74 Å². The van der Waals surface area contributed by atoms with Gasteiger partial charge in [0.05, 0.1) is 11.5 Å². The van der Waals surface area contributed by atoms with E-state index in [-0.39, 0.29) is 10.5 Å². The smallest absolute Gasteiger partial charge is 0.261 e. The van der Waals surface area contributed by atoms with Crippen LogP contribution < -0.4 is 14.8 Å². The minimum absolute atomic E-state index is 0.0359. The second-order valence-corrected chi connectivity index (χ2v) is 9.48. The van der Waals surface area contributed by atoms with E-state index >= 15 is 0 Å². The molecular formula is C23H20N4O4S2. The zero-order valence-corrected chi connectivity index (χ0v) is 19.2. The monoisotopic (exact) mass is 480 g/mol. The number of benzene rings is 3. The van der Waals surface area contributed by atoms with Crippen LogP contribution in [0.4, 0.5) is 10.8 Å². The van der Waals surface area contributed by atoms with Crippen LogP contribution in [0.15, 0.2) is 83.8 Å². The van der Waals surface area contributed by atoms with Gasteiger partial charge in [0.25, 0.3) is 15.9 Å². The van der Waals surface area contributed by atoms with Crippen molar-refractivity contribution in [3.63, 3.8) is 0 Å². The van der Waals surface area contributed by atoms with E-state index in [1.165, 1.54) is 35.6 Å². The lowest BCUT2D eigenvalue weighted by Gasteiger charge is -2.10. The zero-order chi connectivity index (χ0) is 23.3. The Morgan fingerprint density at radius 2 is 1.73 bits per heavy atom. The molecule has 0 atom stereocenters. The van der Waals surface area contributed by atoms with Crippen molar-refractivity contribution in [1.82, 2.24) is 10.2 Å². The van der Waals surface area contributed by atoms with Gasteiger partial charge in [-0.25, -0.2) is 8.42 Å². The first-order chi connectivity index (χ1) is 15.9. The normalized spacial score (nSPS) is 11.1. The minimum Gasteiger partial charge on any atom is -0.494 e. The van der Waals surface area contributed by atoms with Crippen LogP contribution in [-0.4, -0.2) is 31.1 Å². The summed E-state index contributed by atoms with van der Waals surface area (Å²) in [6.45, 7) is 2.39. The number of carbonyl (C=O) groups is 1. The summed E-state index contributed by atoms with van der Waals surface area (Å²) in [4.78, 5) is 12.7. The number of carbonyl (C=O) groups excluding carboxylic acids is 1. The molecule has 1 heterocycles. The Bertz CT molecular complexity index is 1350. The number of hydrogen-bond donors (Lipinski definition) is 2. The molecule has 1 amide bonds. The molecule has 0 aliphatic carbocycles. The van der Waals surface area contributed by atoms with Gasteiger partial charge in [-0.2, -0.15) is 0 Å². The molecule has 4 rings (SSSR count). The maximum atomic E-state index is 12.8. The third-order valence-corrected chi connectivity index (χ3v) is 6.76. The molecule has 10 heteroatoms. The predicted molar refractivity (Wildman–Crippen MR) is 128 cm³/mol. The average molecular weight is 481 g/mol. The molecule has 0 unspecified atom stereocenters. The molecule has 1 aromatic heterocycles. The fraction of sp³-hybridized carbons (Fsp3) is 0.0870. The molecule has 2 N–H and O–H groups in total. The molecule has 0 bridgehead atoms. The summed E-state index contributed by atoms with van der Waals surface area (Å²) < 4.78 is 33.5. The highest BCUT2D eigenvalue weighted by atomic mass is 32.2. The Kier molecular flexibility index (Phi) is 6.66. The quantitative estimate of drug-likeness (QED) is 0.380. The highest BCUT2D eigenvalue weighted by molar-refractivity contribution is 7.92. The first kappa shape index (κ1) is 22.4. The number of nitrogens with zero attached hydrogens (tertiary/aromatic N) is 2. The zero-order valence-electron chi connectivity index (χ0n) is 17.6. The SMILES string of the molecule is CCOc1ccc(NS(=O)(=O)c2cccc(C(=O)Nc3nnc(-c4ccccc4)s3)c2)cc1. The number of amides is 1. The van der Waals surface area contributed by atoms with E-state index in [1.807, 2.05) is 37.3 Å². The highest BCUT2D eigenvalue weighted by Crippen LogP contribution is 2.26. The molecular weight excluding hydrogens is 460 g/mol. The van der Waals surface area contributed by atoms with Crippen LogP contribution in [0, 0.1) is 0 Å². The predicted octanol–water partition coefficient (Wildman–Crippen LogP) is 4.66. The second-order valence-electron chi connectivity index (χ2n) is 6.82. The van der Waals surface area contributed by atoms with Crippen molar-refractivity contribution >= 4 is 38.1 Å². The molecule has 3 aromatic carbocycles. The van der Waals surface area contributed by atoms with Gasteiger partial charge in [0, 0.05) is 16.8 Å². The van der Waals surface area contributed by atoms with Gasteiger partial charge >= 0.3 is 0 Å². The summed E-state index contributed by atoms with van der Waals surface area (Å²) >= 11 is 1.23. The molecule has 0 saturated heterocycles. The molecule has 0 spiro atoms. The maximum absolute atomic E-state index is 12.8. The van der Waals surface area contributed by atoms with E-state index in [9.17, 15) is 13.2 Å². The number of ether oxygens (including phenoxy) is 1. The minimum atomic E-state index is -3.90. The number of aromatic nitrogens is 2. The van der Waals surface area contributed by atoms with Crippen LogP contribution in [0.3, 0.4) is 0 Å². The lowest BCUT2D eigenvalue weighted by molar-refractivity contribution is 0.102. The van der Waals surface area contributed by atoms with E-state index in [0.29, 0.717) is 28.2 Å². The molecule has 0 radical (unpaired) electrons. The molecule has 8 nitrogen and oxygen atoms in total. The number of hydrogen-bond acceptors (Lipinski definition) is 7. The summed E-state index contributed by atoms with van der Waals surface area (Å²) in [5, 5.41) is 11.8. The van der Waals surface area contributed by atoms with Crippen LogP contribution in [0.25, 0.3) is 10.6 Å². The molecule has 0 aliphatic rings. The number of sulfonamides is 1. The molecule has 33 heavy (non-hydrogen) atoms. The largest absolute Gasteiger partial charge is 0.494 e. The Hall–Kier alpha value is -3.76. The lowest BCUT2D eigenvalue weighted by atomic mass is 10.2. The number of anilines is 2. The first-order valence-electron chi connectivity index (χ1n) is 10.0. The summed E-state index contributed by atoms with van der Waals surface area (Å²) in [5.74, 6) is 0.162. The van der Waals surface area contributed by atoms with E-state index < -0.39 is 15.9 Å². The standard InChI is InChI=1S/C23H20N4O4S2/c1-2-31-19-13-11-18(12-14-19)27-33(29,30)20-10-6-9-17(15-20)21(28)24-23-26-25-22(32-23)16-7-4-3-5-8-16/h3-15,27H,2H2,1H3,(H,24,26,28).